The van der Waals surface area contributed by atoms with Crippen LogP contribution >= 0.6 is 15.9 Å². The van der Waals surface area contributed by atoms with Crippen molar-refractivity contribution in [2.75, 3.05) is 0 Å². The second-order valence-electron chi connectivity index (χ2n) is 3.03. The third-order valence-corrected chi connectivity index (χ3v) is 2.68. The van der Waals surface area contributed by atoms with Crippen molar-refractivity contribution in [3.8, 4) is 11.3 Å². The summed E-state index contributed by atoms with van der Waals surface area (Å²) in [6.45, 7) is 0. The van der Waals surface area contributed by atoms with Crippen molar-refractivity contribution in [3.63, 3.8) is 0 Å². The highest BCUT2D eigenvalue weighted by molar-refractivity contribution is 9.08. The molecule has 0 aliphatic carbocycles. The van der Waals surface area contributed by atoms with Gasteiger partial charge in [0.2, 0.25) is 0 Å². The van der Waals surface area contributed by atoms with Crippen LogP contribution in [0.15, 0.2) is 24.4 Å². The first kappa shape index (κ1) is 10.3. The zero-order valence-corrected chi connectivity index (χ0v) is 9.18. The summed E-state index contributed by atoms with van der Waals surface area (Å²) in [5.74, 6) is -0.895. The first-order valence-corrected chi connectivity index (χ1v) is 5.38. The van der Waals surface area contributed by atoms with Crippen molar-refractivity contribution in [1.29, 1.82) is 0 Å². The molecule has 0 atom stereocenters. The Kier molecular flexibility index (Phi) is 2.81. The fourth-order valence-corrected chi connectivity index (χ4v) is 1.73. The molecular formula is C10H7BrF2N2. The van der Waals surface area contributed by atoms with Crippen LogP contribution in [-0.4, -0.2) is 10.2 Å². The van der Waals surface area contributed by atoms with Gasteiger partial charge in [0, 0.05) is 22.7 Å². The molecule has 0 unspecified atom stereocenters. The molecule has 0 spiro atoms. The third kappa shape index (κ3) is 1.92. The lowest BCUT2D eigenvalue weighted by Gasteiger charge is -2.04. The Balaban J connectivity index is 2.55. The molecule has 0 aliphatic heterocycles. The van der Waals surface area contributed by atoms with Gasteiger partial charge >= 0.3 is 0 Å². The predicted molar refractivity (Wildman–Crippen MR) is 56.6 cm³/mol. The molecule has 0 saturated carbocycles. The first-order chi connectivity index (χ1) is 7.22. The number of benzene rings is 1. The second kappa shape index (κ2) is 4.10. The normalized spacial score (nSPS) is 10.6. The van der Waals surface area contributed by atoms with Gasteiger partial charge in [-0.15, -0.1) is 0 Å². The molecule has 1 aromatic heterocycles. The average molecular weight is 273 g/mol. The number of halogens is 3. The van der Waals surface area contributed by atoms with Crippen LogP contribution in [0.1, 0.15) is 5.56 Å². The van der Waals surface area contributed by atoms with E-state index in [9.17, 15) is 8.78 Å². The third-order valence-electron chi connectivity index (χ3n) is 2.07. The Morgan fingerprint density at radius 2 is 2.07 bits per heavy atom. The van der Waals surface area contributed by atoms with Crippen molar-refractivity contribution >= 4 is 15.9 Å². The quantitative estimate of drug-likeness (QED) is 0.836. The summed E-state index contributed by atoms with van der Waals surface area (Å²) in [5.41, 5.74) is 0.956. The minimum Gasteiger partial charge on any atom is -0.278 e. The van der Waals surface area contributed by atoms with Crippen LogP contribution in [0.3, 0.4) is 0 Å². The van der Waals surface area contributed by atoms with E-state index in [2.05, 4.69) is 26.1 Å². The maximum Gasteiger partial charge on any atom is 0.133 e. The lowest BCUT2D eigenvalue weighted by molar-refractivity contribution is 0.594. The predicted octanol–water partition coefficient (Wildman–Crippen LogP) is 3.25. The summed E-state index contributed by atoms with van der Waals surface area (Å²) >= 11 is 3.09. The number of rotatable bonds is 2. The monoisotopic (exact) mass is 272 g/mol. The van der Waals surface area contributed by atoms with Gasteiger partial charge in [0.1, 0.15) is 11.6 Å². The molecule has 0 bridgehead atoms. The second-order valence-corrected chi connectivity index (χ2v) is 3.59. The van der Waals surface area contributed by atoms with Gasteiger partial charge in [-0.1, -0.05) is 15.9 Å². The van der Waals surface area contributed by atoms with Gasteiger partial charge in [0.25, 0.3) is 0 Å². The molecule has 15 heavy (non-hydrogen) atoms. The maximum absolute atomic E-state index is 13.5. The number of aromatic amines is 1. The number of nitrogens with one attached hydrogen (secondary N) is 1. The van der Waals surface area contributed by atoms with Crippen LogP contribution in [0.4, 0.5) is 8.78 Å². The van der Waals surface area contributed by atoms with E-state index in [1.807, 2.05) is 0 Å². The van der Waals surface area contributed by atoms with Crippen molar-refractivity contribution < 1.29 is 8.78 Å². The number of hydrogen-bond acceptors (Lipinski definition) is 1. The molecule has 5 heteroatoms. The minimum atomic E-state index is -0.463. The highest BCUT2D eigenvalue weighted by atomic mass is 79.9. The molecule has 2 rings (SSSR count). The van der Waals surface area contributed by atoms with Crippen molar-refractivity contribution in [2.45, 2.75) is 5.33 Å². The molecular weight excluding hydrogens is 266 g/mol. The summed E-state index contributed by atoms with van der Waals surface area (Å²) in [7, 11) is 0. The van der Waals surface area contributed by atoms with Gasteiger partial charge in [0.15, 0.2) is 0 Å². The van der Waals surface area contributed by atoms with E-state index in [-0.39, 0.29) is 5.56 Å². The van der Waals surface area contributed by atoms with Crippen LogP contribution in [0.2, 0.25) is 0 Å². The molecule has 1 aromatic carbocycles. The molecule has 1 heterocycles. The molecule has 0 aliphatic rings. The Hall–Kier alpha value is -1.23. The van der Waals surface area contributed by atoms with E-state index in [0.29, 0.717) is 16.6 Å². The van der Waals surface area contributed by atoms with Gasteiger partial charge in [-0.2, -0.15) is 5.10 Å². The van der Waals surface area contributed by atoms with Gasteiger partial charge in [0.05, 0.1) is 5.69 Å². The zero-order valence-electron chi connectivity index (χ0n) is 7.60. The van der Waals surface area contributed by atoms with Crippen molar-refractivity contribution in [3.05, 3.63) is 41.6 Å². The number of alkyl halides is 1. The highest BCUT2D eigenvalue weighted by Gasteiger charge is 2.11. The SMILES string of the molecule is Fc1cc(-c2ccn[nH]2)c(F)cc1CBr. The van der Waals surface area contributed by atoms with Gasteiger partial charge in [-0.3, -0.25) is 5.10 Å². The van der Waals surface area contributed by atoms with E-state index >= 15 is 0 Å². The summed E-state index contributed by atoms with van der Waals surface area (Å²) in [6, 6.07) is 3.94. The first-order valence-electron chi connectivity index (χ1n) is 4.26. The van der Waals surface area contributed by atoms with E-state index in [1.165, 1.54) is 18.3 Å². The zero-order chi connectivity index (χ0) is 10.8. The number of nitrogens with zero attached hydrogens (tertiary/aromatic N) is 1. The smallest absolute Gasteiger partial charge is 0.133 e. The molecule has 2 aromatic rings. The molecule has 0 fully saturated rings. The Morgan fingerprint density at radius 1 is 1.27 bits per heavy atom. The van der Waals surface area contributed by atoms with Crippen LogP contribution in [0.25, 0.3) is 11.3 Å². The fourth-order valence-electron chi connectivity index (χ4n) is 1.30. The van der Waals surface area contributed by atoms with Gasteiger partial charge < -0.3 is 0 Å². The largest absolute Gasteiger partial charge is 0.278 e. The number of H-pyrrole nitrogens is 1. The summed E-state index contributed by atoms with van der Waals surface area (Å²) < 4.78 is 26.9. The van der Waals surface area contributed by atoms with E-state index < -0.39 is 11.6 Å². The minimum absolute atomic E-state index is 0.190. The topological polar surface area (TPSA) is 28.7 Å². The maximum atomic E-state index is 13.5. The van der Waals surface area contributed by atoms with Crippen LogP contribution in [-0.2, 0) is 5.33 Å². The van der Waals surface area contributed by atoms with E-state index in [0.717, 1.165) is 0 Å². The molecule has 2 nitrogen and oxygen atoms in total. The Bertz CT molecular complexity index is 469. The standard InChI is InChI=1S/C10H7BrF2N2/c11-5-6-3-9(13)7(4-8(6)12)10-1-2-14-15-10/h1-4H,5H2,(H,14,15). The van der Waals surface area contributed by atoms with Gasteiger partial charge in [-0.05, 0) is 18.2 Å². The fraction of sp³-hybridized carbons (Fsp3) is 0.100. The summed E-state index contributed by atoms with van der Waals surface area (Å²) in [5, 5.41) is 6.57. The van der Waals surface area contributed by atoms with Crippen molar-refractivity contribution in [2.24, 2.45) is 0 Å². The van der Waals surface area contributed by atoms with E-state index in [1.54, 1.807) is 6.07 Å². The molecule has 78 valence electrons. The average Bonchev–Trinajstić information content (AvgIpc) is 2.74. The summed E-state index contributed by atoms with van der Waals surface area (Å²) in [4.78, 5) is 0. The van der Waals surface area contributed by atoms with Gasteiger partial charge in [-0.25, -0.2) is 8.78 Å². The molecule has 1 N–H and O–H groups in total. The van der Waals surface area contributed by atoms with Crippen LogP contribution in [0.5, 0.6) is 0 Å². The molecule has 0 radical (unpaired) electrons. The summed E-state index contributed by atoms with van der Waals surface area (Å²) in [6.07, 6.45) is 1.49. The lowest BCUT2D eigenvalue weighted by atomic mass is 10.1. The van der Waals surface area contributed by atoms with Crippen LogP contribution < -0.4 is 0 Å². The Labute approximate surface area is 93.4 Å². The van der Waals surface area contributed by atoms with Crippen molar-refractivity contribution in [1.82, 2.24) is 10.2 Å². The number of hydrogen-bond donors (Lipinski definition) is 1. The molecule has 0 saturated heterocycles. The van der Waals surface area contributed by atoms with Crippen LogP contribution in [0, 0.1) is 11.6 Å². The molecule has 0 amide bonds. The van der Waals surface area contributed by atoms with E-state index in [4.69, 9.17) is 0 Å². The Morgan fingerprint density at radius 3 is 2.67 bits per heavy atom. The number of aromatic nitrogens is 2. The highest BCUT2D eigenvalue weighted by Crippen LogP contribution is 2.24. The lowest BCUT2D eigenvalue weighted by Crippen LogP contribution is -1.92.